The lowest BCUT2D eigenvalue weighted by Crippen LogP contribution is -2.47. The molecule has 3 nitrogen and oxygen atoms in total. The van der Waals surface area contributed by atoms with Crippen LogP contribution in [0.25, 0.3) is 0 Å². The molecule has 106 valence electrons. The molecule has 0 saturated carbocycles. The zero-order valence-corrected chi connectivity index (χ0v) is 12.4. The van der Waals surface area contributed by atoms with Gasteiger partial charge in [-0.2, -0.15) is 0 Å². The second-order valence-electron chi connectivity index (χ2n) is 5.52. The summed E-state index contributed by atoms with van der Waals surface area (Å²) >= 11 is 0. The van der Waals surface area contributed by atoms with Crippen molar-refractivity contribution in [3.8, 4) is 5.75 Å². The third kappa shape index (κ3) is 3.95. The fourth-order valence-electron chi connectivity index (χ4n) is 2.97. The van der Waals surface area contributed by atoms with Crippen LogP contribution < -0.4 is 10.1 Å². The van der Waals surface area contributed by atoms with Gasteiger partial charge in [-0.1, -0.05) is 26.0 Å². The van der Waals surface area contributed by atoms with Crippen molar-refractivity contribution in [2.75, 3.05) is 26.7 Å². The van der Waals surface area contributed by atoms with Crippen molar-refractivity contribution in [3.05, 3.63) is 29.8 Å². The van der Waals surface area contributed by atoms with Gasteiger partial charge in [0.2, 0.25) is 0 Å². The molecule has 1 N–H and O–H groups in total. The third-order valence-electron chi connectivity index (χ3n) is 4.00. The highest BCUT2D eigenvalue weighted by Crippen LogP contribution is 2.20. The first-order valence-corrected chi connectivity index (χ1v) is 7.31. The molecule has 1 heterocycles. The lowest BCUT2D eigenvalue weighted by Gasteiger charge is -2.37. The van der Waals surface area contributed by atoms with E-state index in [1.807, 2.05) is 6.07 Å². The number of hydrogen-bond donors (Lipinski definition) is 1. The maximum absolute atomic E-state index is 5.29. The van der Waals surface area contributed by atoms with Crippen LogP contribution in [0.4, 0.5) is 0 Å². The highest BCUT2D eigenvalue weighted by Gasteiger charge is 2.25. The summed E-state index contributed by atoms with van der Waals surface area (Å²) in [6.07, 6.45) is 1.25. The molecule has 0 aromatic heterocycles. The van der Waals surface area contributed by atoms with E-state index in [1.54, 1.807) is 7.11 Å². The van der Waals surface area contributed by atoms with Gasteiger partial charge in [-0.25, -0.2) is 0 Å². The first kappa shape index (κ1) is 14.4. The fourth-order valence-corrected chi connectivity index (χ4v) is 2.97. The molecule has 2 rings (SSSR count). The fraction of sp³-hybridized carbons (Fsp3) is 0.625. The van der Waals surface area contributed by atoms with Gasteiger partial charge in [0, 0.05) is 19.1 Å². The Hall–Kier alpha value is -1.06. The van der Waals surface area contributed by atoms with Crippen molar-refractivity contribution in [2.45, 2.75) is 32.9 Å². The van der Waals surface area contributed by atoms with Crippen LogP contribution in [0.5, 0.6) is 5.75 Å². The number of nitrogens with one attached hydrogen (secondary N) is 1. The molecule has 19 heavy (non-hydrogen) atoms. The SMILES string of the molecule is CCNC1CCN(Cc2cccc(OC)c2)CC1C. The van der Waals surface area contributed by atoms with Gasteiger partial charge >= 0.3 is 0 Å². The summed E-state index contributed by atoms with van der Waals surface area (Å²) in [5, 5.41) is 3.59. The summed E-state index contributed by atoms with van der Waals surface area (Å²) in [7, 11) is 1.73. The maximum Gasteiger partial charge on any atom is 0.119 e. The smallest absolute Gasteiger partial charge is 0.119 e. The van der Waals surface area contributed by atoms with Crippen molar-refractivity contribution >= 4 is 0 Å². The normalized spacial score (nSPS) is 24.4. The highest BCUT2D eigenvalue weighted by molar-refractivity contribution is 5.28. The van der Waals surface area contributed by atoms with E-state index in [0.29, 0.717) is 6.04 Å². The molecule has 0 aliphatic carbocycles. The zero-order chi connectivity index (χ0) is 13.7. The van der Waals surface area contributed by atoms with Gasteiger partial charge in [0.05, 0.1) is 7.11 Å². The predicted molar refractivity (Wildman–Crippen MR) is 79.5 cm³/mol. The number of rotatable bonds is 5. The highest BCUT2D eigenvalue weighted by atomic mass is 16.5. The molecule has 1 aromatic carbocycles. The third-order valence-corrected chi connectivity index (χ3v) is 4.00. The predicted octanol–water partition coefficient (Wildman–Crippen LogP) is 2.52. The van der Waals surface area contributed by atoms with E-state index in [-0.39, 0.29) is 0 Å². The first-order chi connectivity index (χ1) is 9.22. The van der Waals surface area contributed by atoms with Gasteiger partial charge in [-0.05, 0) is 43.1 Å². The molecule has 1 aliphatic rings. The molecule has 3 heteroatoms. The van der Waals surface area contributed by atoms with Crippen LogP contribution >= 0.6 is 0 Å². The van der Waals surface area contributed by atoms with Gasteiger partial charge in [-0.15, -0.1) is 0 Å². The zero-order valence-electron chi connectivity index (χ0n) is 12.4. The number of benzene rings is 1. The van der Waals surface area contributed by atoms with E-state index in [9.17, 15) is 0 Å². The second-order valence-corrected chi connectivity index (χ2v) is 5.52. The molecule has 2 atom stereocenters. The average molecular weight is 262 g/mol. The molecule has 0 bridgehead atoms. The standard InChI is InChI=1S/C16H26N2O/c1-4-17-16-8-9-18(11-13(16)2)12-14-6-5-7-15(10-14)19-3/h5-7,10,13,16-17H,4,8-9,11-12H2,1-3H3. The van der Waals surface area contributed by atoms with E-state index < -0.39 is 0 Å². The molecule has 0 amide bonds. The van der Waals surface area contributed by atoms with Crippen LogP contribution in [-0.2, 0) is 6.54 Å². The van der Waals surface area contributed by atoms with Gasteiger partial charge in [0.25, 0.3) is 0 Å². The monoisotopic (exact) mass is 262 g/mol. The molecule has 2 unspecified atom stereocenters. The Morgan fingerprint density at radius 3 is 2.95 bits per heavy atom. The molecule has 1 aliphatic heterocycles. The molecule has 1 fully saturated rings. The lowest BCUT2D eigenvalue weighted by atomic mass is 9.93. The van der Waals surface area contributed by atoms with Crippen molar-refractivity contribution in [3.63, 3.8) is 0 Å². The number of methoxy groups -OCH3 is 1. The quantitative estimate of drug-likeness (QED) is 0.882. The van der Waals surface area contributed by atoms with E-state index in [0.717, 1.165) is 24.8 Å². The summed E-state index contributed by atoms with van der Waals surface area (Å²) in [5.74, 6) is 1.67. The van der Waals surface area contributed by atoms with Crippen molar-refractivity contribution in [1.29, 1.82) is 0 Å². The average Bonchev–Trinajstić information content (AvgIpc) is 2.42. The van der Waals surface area contributed by atoms with Crippen LogP contribution in [0.3, 0.4) is 0 Å². The number of ether oxygens (including phenoxy) is 1. The number of likely N-dealkylation sites (tertiary alicyclic amines) is 1. The van der Waals surface area contributed by atoms with Crippen molar-refractivity contribution in [1.82, 2.24) is 10.2 Å². The Kier molecular flexibility index (Phi) is 5.23. The van der Waals surface area contributed by atoms with Gasteiger partial charge < -0.3 is 10.1 Å². The number of nitrogens with zero attached hydrogens (tertiary/aromatic N) is 1. The minimum absolute atomic E-state index is 0.687. The number of hydrogen-bond acceptors (Lipinski definition) is 3. The van der Waals surface area contributed by atoms with Gasteiger partial charge in [0.15, 0.2) is 0 Å². The van der Waals surface area contributed by atoms with Crippen LogP contribution in [0.15, 0.2) is 24.3 Å². The largest absolute Gasteiger partial charge is 0.497 e. The molecule has 0 spiro atoms. The summed E-state index contributed by atoms with van der Waals surface area (Å²) in [5.41, 5.74) is 1.34. The van der Waals surface area contributed by atoms with E-state index in [1.165, 1.54) is 25.1 Å². The first-order valence-electron chi connectivity index (χ1n) is 7.31. The van der Waals surface area contributed by atoms with E-state index in [4.69, 9.17) is 4.74 Å². The van der Waals surface area contributed by atoms with Crippen LogP contribution in [0, 0.1) is 5.92 Å². The summed E-state index contributed by atoms with van der Waals surface area (Å²) in [6.45, 7) is 9.00. The Balaban J connectivity index is 1.90. The molecular weight excluding hydrogens is 236 g/mol. The van der Waals surface area contributed by atoms with E-state index >= 15 is 0 Å². The summed E-state index contributed by atoms with van der Waals surface area (Å²) in [6, 6.07) is 9.09. The topological polar surface area (TPSA) is 24.5 Å². The molecule has 1 aromatic rings. The van der Waals surface area contributed by atoms with E-state index in [2.05, 4.69) is 42.3 Å². The van der Waals surface area contributed by atoms with Gasteiger partial charge in [-0.3, -0.25) is 4.90 Å². The molecule has 0 radical (unpaired) electrons. The Morgan fingerprint density at radius 2 is 2.26 bits per heavy atom. The van der Waals surface area contributed by atoms with Crippen molar-refractivity contribution < 1.29 is 4.74 Å². The number of piperidine rings is 1. The Bertz CT molecular complexity index is 394. The van der Waals surface area contributed by atoms with Crippen LogP contribution in [0.2, 0.25) is 0 Å². The van der Waals surface area contributed by atoms with Crippen molar-refractivity contribution in [2.24, 2.45) is 5.92 Å². The summed E-state index contributed by atoms with van der Waals surface area (Å²) in [4.78, 5) is 2.55. The Morgan fingerprint density at radius 1 is 1.42 bits per heavy atom. The molecule has 1 saturated heterocycles. The van der Waals surface area contributed by atoms with Crippen LogP contribution in [0.1, 0.15) is 25.8 Å². The second kappa shape index (κ2) is 6.92. The Labute approximate surface area is 116 Å². The minimum Gasteiger partial charge on any atom is -0.497 e. The lowest BCUT2D eigenvalue weighted by molar-refractivity contribution is 0.142. The summed E-state index contributed by atoms with van der Waals surface area (Å²) < 4.78 is 5.29. The minimum atomic E-state index is 0.687. The molecular formula is C16H26N2O. The van der Waals surface area contributed by atoms with Gasteiger partial charge in [0.1, 0.15) is 5.75 Å². The maximum atomic E-state index is 5.29. The van der Waals surface area contributed by atoms with Crippen LogP contribution in [-0.4, -0.2) is 37.7 Å².